The van der Waals surface area contributed by atoms with E-state index in [9.17, 15) is 8.42 Å². The molecule has 1 aliphatic heterocycles. The molecule has 6 nitrogen and oxygen atoms in total. The fourth-order valence-electron chi connectivity index (χ4n) is 3.21. The van der Waals surface area contributed by atoms with Gasteiger partial charge in [-0.15, -0.1) is 0 Å². The van der Waals surface area contributed by atoms with Crippen molar-refractivity contribution in [1.29, 1.82) is 0 Å². The number of fused-ring (bicyclic) bond motifs is 1. The number of unbranched alkanes of at least 4 members (excludes halogenated alkanes) is 1. The first-order chi connectivity index (χ1) is 11.6. The molecule has 0 unspecified atom stereocenters. The number of hydrogen-bond donors (Lipinski definition) is 2. The van der Waals surface area contributed by atoms with Crippen molar-refractivity contribution >= 4 is 10.2 Å². The monoisotopic (exact) mass is 354 g/mol. The molecule has 1 heterocycles. The number of hydrogen-bond acceptors (Lipinski definition) is 4. The SMILES string of the molecule is O=S(=O)(NCCCCc1ccc2c(c1)OCCO2)NC1CCCC1. The van der Waals surface area contributed by atoms with Crippen LogP contribution in [-0.4, -0.2) is 34.2 Å². The summed E-state index contributed by atoms with van der Waals surface area (Å²) in [5, 5.41) is 0. The molecule has 1 fully saturated rings. The predicted molar refractivity (Wildman–Crippen MR) is 92.7 cm³/mol. The summed E-state index contributed by atoms with van der Waals surface area (Å²) in [7, 11) is -3.36. The maximum Gasteiger partial charge on any atom is 0.277 e. The van der Waals surface area contributed by atoms with Gasteiger partial charge >= 0.3 is 0 Å². The molecule has 0 aromatic heterocycles. The first-order valence-corrected chi connectivity index (χ1v) is 10.3. The van der Waals surface area contributed by atoms with E-state index in [1.165, 1.54) is 5.56 Å². The Morgan fingerprint density at radius 1 is 1.04 bits per heavy atom. The van der Waals surface area contributed by atoms with Crippen LogP contribution < -0.4 is 18.9 Å². The Morgan fingerprint density at radius 3 is 2.58 bits per heavy atom. The number of benzene rings is 1. The van der Waals surface area contributed by atoms with E-state index < -0.39 is 10.2 Å². The third kappa shape index (κ3) is 5.09. The molecule has 7 heteroatoms. The zero-order valence-electron chi connectivity index (χ0n) is 13.9. The van der Waals surface area contributed by atoms with Gasteiger partial charge < -0.3 is 9.47 Å². The molecule has 24 heavy (non-hydrogen) atoms. The fraction of sp³-hybridized carbons (Fsp3) is 0.647. The van der Waals surface area contributed by atoms with Gasteiger partial charge in [0.2, 0.25) is 0 Å². The van der Waals surface area contributed by atoms with Crippen molar-refractivity contribution in [2.75, 3.05) is 19.8 Å². The number of ether oxygens (including phenoxy) is 2. The summed E-state index contributed by atoms with van der Waals surface area (Å²) in [5.41, 5.74) is 1.19. The van der Waals surface area contributed by atoms with E-state index in [4.69, 9.17) is 9.47 Å². The Kier molecular flexibility index (Phi) is 5.97. The summed E-state index contributed by atoms with van der Waals surface area (Å²) in [6, 6.07) is 6.11. The molecule has 1 aliphatic carbocycles. The highest BCUT2D eigenvalue weighted by Crippen LogP contribution is 2.31. The normalized spacial score (nSPS) is 18.0. The summed E-state index contributed by atoms with van der Waals surface area (Å²) in [6.45, 7) is 1.65. The minimum atomic E-state index is -3.36. The Bertz CT molecular complexity index is 642. The topological polar surface area (TPSA) is 76.7 Å². The van der Waals surface area contributed by atoms with Gasteiger partial charge in [0.25, 0.3) is 10.2 Å². The summed E-state index contributed by atoms with van der Waals surface area (Å²) >= 11 is 0. The van der Waals surface area contributed by atoms with Crippen LogP contribution in [0.1, 0.15) is 44.1 Å². The zero-order chi connectivity index (χ0) is 16.8. The second-order valence-electron chi connectivity index (χ2n) is 6.43. The Morgan fingerprint density at radius 2 is 1.79 bits per heavy atom. The molecule has 1 aromatic rings. The molecule has 0 saturated heterocycles. The molecule has 1 aromatic carbocycles. The van der Waals surface area contributed by atoms with E-state index in [1.807, 2.05) is 18.2 Å². The van der Waals surface area contributed by atoms with Crippen LogP contribution in [0.3, 0.4) is 0 Å². The highest BCUT2D eigenvalue weighted by Gasteiger charge is 2.20. The maximum absolute atomic E-state index is 11.9. The molecule has 2 N–H and O–H groups in total. The second kappa shape index (κ2) is 8.18. The average molecular weight is 354 g/mol. The number of aryl methyl sites for hydroxylation is 1. The zero-order valence-corrected chi connectivity index (χ0v) is 14.7. The Hall–Kier alpha value is -1.31. The lowest BCUT2D eigenvalue weighted by Gasteiger charge is -2.18. The third-order valence-corrected chi connectivity index (χ3v) is 5.70. The minimum absolute atomic E-state index is 0.111. The third-order valence-electron chi connectivity index (χ3n) is 4.47. The van der Waals surface area contributed by atoms with E-state index in [-0.39, 0.29) is 6.04 Å². The van der Waals surface area contributed by atoms with Gasteiger partial charge in [-0.2, -0.15) is 13.1 Å². The van der Waals surface area contributed by atoms with E-state index in [0.717, 1.165) is 56.4 Å². The standard InChI is InChI=1S/C17H26N2O4S/c20-24(21,19-15-6-1-2-7-15)18-10-4-3-5-14-8-9-16-17(13-14)23-12-11-22-16/h8-9,13,15,18-19H,1-7,10-12H2. The highest BCUT2D eigenvalue weighted by molar-refractivity contribution is 7.87. The molecule has 2 aliphatic rings. The van der Waals surface area contributed by atoms with E-state index in [1.54, 1.807) is 0 Å². The molecule has 0 radical (unpaired) electrons. The molecule has 134 valence electrons. The van der Waals surface area contributed by atoms with Crippen LogP contribution in [0.15, 0.2) is 18.2 Å². The van der Waals surface area contributed by atoms with Crippen LogP contribution in [0.5, 0.6) is 11.5 Å². The first kappa shape index (κ1) is 17.5. The largest absolute Gasteiger partial charge is 0.486 e. The minimum Gasteiger partial charge on any atom is -0.486 e. The van der Waals surface area contributed by atoms with Gasteiger partial charge in [0.05, 0.1) is 0 Å². The molecule has 0 spiro atoms. The molecular weight excluding hydrogens is 328 g/mol. The lowest BCUT2D eigenvalue weighted by molar-refractivity contribution is 0.171. The maximum atomic E-state index is 11.9. The predicted octanol–water partition coefficient (Wildman–Crippen LogP) is 2.15. The van der Waals surface area contributed by atoms with Gasteiger partial charge in [0.1, 0.15) is 13.2 Å². The fourth-order valence-corrected chi connectivity index (χ4v) is 4.38. The summed E-state index contributed by atoms with van der Waals surface area (Å²) in [4.78, 5) is 0. The van der Waals surface area contributed by atoms with Crippen LogP contribution in [0.4, 0.5) is 0 Å². The number of nitrogens with one attached hydrogen (secondary N) is 2. The molecule has 0 amide bonds. The van der Waals surface area contributed by atoms with E-state index >= 15 is 0 Å². The molecule has 1 saturated carbocycles. The van der Waals surface area contributed by atoms with Gasteiger partial charge in [0.15, 0.2) is 11.5 Å². The summed E-state index contributed by atoms with van der Waals surface area (Å²) < 4.78 is 40.3. The molecular formula is C17H26N2O4S. The van der Waals surface area contributed by atoms with Crippen LogP contribution >= 0.6 is 0 Å². The summed E-state index contributed by atoms with van der Waals surface area (Å²) in [5.74, 6) is 1.61. The summed E-state index contributed by atoms with van der Waals surface area (Å²) in [6.07, 6.45) is 6.75. The van der Waals surface area contributed by atoms with Crippen LogP contribution in [-0.2, 0) is 16.6 Å². The van der Waals surface area contributed by atoms with Crippen LogP contribution in [0, 0.1) is 0 Å². The van der Waals surface area contributed by atoms with Gasteiger partial charge in [-0.3, -0.25) is 0 Å². The van der Waals surface area contributed by atoms with Crippen molar-refractivity contribution in [1.82, 2.24) is 9.44 Å². The molecule has 3 rings (SSSR count). The van der Waals surface area contributed by atoms with Gasteiger partial charge in [-0.1, -0.05) is 18.9 Å². The highest BCUT2D eigenvalue weighted by atomic mass is 32.2. The lowest BCUT2D eigenvalue weighted by Crippen LogP contribution is -2.41. The lowest BCUT2D eigenvalue weighted by atomic mass is 10.1. The first-order valence-electron chi connectivity index (χ1n) is 8.78. The average Bonchev–Trinajstić information content (AvgIpc) is 3.06. The van der Waals surface area contributed by atoms with Crippen molar-refractivity contribution in [3.05, 3.63) is 23.8 Å². The quantitative estimate of drug-likeness (QED) is 0.701. The molecule has 0 bridgehead atoms. The number of rotatable bonds is 8. The van der Waals surface area contributed by atoms with Crippen molar-refractivity contribution < 1.29 is 17.9 Å². The van der Waals surface area contributed by atoms with Crippen LogP contribution in [0.2, 0.25) is 0 Å². The smallest absolute Gasteiger partial charge is 0.277 e. The second-order valence-corrected chi connectivity index (χ2v) is 7.96. The van der Waals surface area contributed by atoms with Crippen LogP contribution in [0.25, 0.3) is 0 Å². The van der Waals surface area contributed by atoms with Crippen molar-refractivity contribution in [3.8, 4) is 11.5 Å². The van der Waals surface area contributed by atoms with Gasteiger partial charge in [0, 0.05) is 12.6 Å². The van der Waals surface area contributed by atoms with Gasteiger partial charge in [-0.25, -0.2) is 4.72 Å². The Balaban J connectivity index is 1.36. The van der Waals surface area contributed by atoms with Gasteiger partial charge in [-0.05, 0) is 49.8 Å². The van der Waals surface area contributed by atoms with Crippen molar-refractivity contribution in [3.63, 3.8) is 0 Å². The van der Waals surface area contributed by atoms with E-state index in [0.29, 0.717) is 19.8 Å². The molecule has 0 atom stereocenters. The van der Waals surface area contributed by atoms with Crippen molar-refractivity contribution in [2.24, 2.45) is 0 Å². The van der Waals surface area contributed by atoms with E-state index in [2.05, 4.69) is 9.44 Å². The Labute approximate surface area is 144 Å². The van der Waals surface area contributed by atoms with Crippen molar-refractivity contribution in [2.45, 2.75) is 51.0 Å².